The zero-order valence-corrected chi connectivity index (χ0v) is 14.5. The molecule has 4 N–H and O–H groups in total. The van der Waals surface area contributed by atoms with Crippen LogP contribution in [0.25, 0.3) is 0 Å². The molecule has 3 rings (SSSR count). The standard InChI is InChI=1S/C18H19FN6O/c1-11-16(10-25(2)24-11)23-17-7-15(14(19)9-22-17)21-8-12-5-3-4-6-13(12)18(20)26/h3-7,9-10H,8H2,1-2H3,(H2,20,26)(H2,21,22,23). The average molecular weight is 354 g/mol. The van der Waals surface area contributed by atoms with Crippen LogP contribution < -0.4 is 16.4 Å². The number of nitrogens with zero attached hydrogens (tertiary/aromatic N) is 3. The molecule has 0 radical (unpaired) electrons. The van der Waals surface area contributed by atoms with Crippen LogP contribution in [0.5, 0.6) is 0 Å². The Labute approximate surface area is 150 Å². The third-order valence-corrected chi connectivity index (χ3v) is 3.88. The molecule has 0 saturated carbocycles. The molecule has 0 atom stereocenters. The third kappa shape index (κ3) is 3.80. The maximum atomic E-state index is 14.1. The van der Waals surface area contributed by atoms with Crippen molar-refractivity contribution in [2.45, 2.75) is 13.5 Å². The lowest BCUT2D eigenvalue weighted by Gasteiger charge is -2.12. The van der Waals surface area contributed by atoms with E-state index in [4.69, 9.17) is 5.73 Å². The van der Waals surface area contributed by atoms with Gasteiger partial charge in [-0.1, -0.05) is 18.2 Å². The van der Waals surface area contributed by atoms with Gasteiger partial charge < -0.3 is 16.4 Å². The molecule has 26 heavy (non-hydrogen) atoms. The van der Waals surface area contributed by atoms with E-state index >= 15 is 0 Å². The SMILES string of the molecule is Cc1nn(C)cc1Nc1cc(NCc2ccccc2C(N)=O)c(F)cn1. The first-order chi connectivity index (χ1) is 12.4. The second-order valence-corrected chi connectivity index (χ2v) is 5.85. The minimum Gasteiger partial charge on any atom is -0.378 e. The number of primary amides is 1. The number of carbonyl (C=O) groups excluding carboxylic acids is 1. The number of aromatic nitrogens is 3. The number of hydrogen-bond acceptors (Lipinski definition) is 5. The van der Waals surface area contributed by atoms with E-state index in [1.807, 2.05) is 20.2 Å². The lowest BCUT2D eigenvalue weighted by Crippen LogP contribution is -2.15. The van der Waals surface area contributed by atoms with Gasteiger partial charge in [-0.3, -0.25) is 9.48 Å². The summed E-state index contributed by atoms with van der Waals surface area (Å²) >= 11 is 0. The Morgan fingerprint density at radius 1 is 1.31 bits per heavy atom. The quantitative estimate of drug-likeness (QED) is 0.632. The Balaban J connectivity index is 1.78. The summed E-state index contributed by atoms with van der Waals surface area (Å²) in [5, 5.41) is 10.3. The van der Waals surface area contributed by atoms with Gasteiger partial charge in [-0.05, 0) is 18.6 Å². The van der Waals surface area contributed by atoms with Crippen molar-refractivity contribution in [3.8, 4) is 0 Å². The first-order valence-electron chi connectivity index (χ1n) is 7.98. The van der Waals surface area contributed by atoms with Crippen molar-refractivity contribution in [3.05, 3.63) is 65.4 Å². The van der Waals surface area contributed by atoms with E-state index in [1.165, 1.54) is 0 Å². The summed E-state index contributed by atoms with van der Waals surface area (Å²) in [4.78, 5) is 15.5. The largest absolute Gasteiger partial charge is 0.378 e. The fourth-order valence-corrected chi connectivity index (χ4v) is 2.61. The number of carbonyl (C=O) groups is 1. The fraction of sp³-hybridized carbons (Fsp3) is 0.167. The van der Waals surface area contributed by atoms with Crippen LogP contribution in [0.2, 0.25) is 0 Å². The van der Waals surface area contributed by atoms with Crippen LogP contribution in [0.3, 0.4) is 0 Å². The average Bonchev–Trinajstić information content (AvgIpc) is 2.92. The topological polar surface area (TPSA) is 97.9 Å². The summed E-state index contributed by atoms with van der Waals surface area (Å²) in [6.45, 7) is 2.12. The number of aryl methyl sites for hydroxylation is 2. The molecule has 0 aliphatic rings. The second kappa shape index (κ2) is 7.22. The monoisotopic (exact) mass is 354 g/mol. The molecule has 3 aromatic rings. The molecular formula is C18H19FN6O. The third-order valence-electron chi connectivity index (χ3n) is 3.88. The highest BCUT2D eigenvalue weighted by atomic mass is 19.1. The van der Waals surface area contributed by atoms with Crippen LogP contribution >= 0.6 is 0 Å². The molecule has 0 aliphatic carbocycles. The molecule has 0 saturated heterocycles. The van der Waals surface area contributed by atoms with E-state index in [0.717, 1.165) is 17.6 Å². The normalized spacial score (nSPS) is 10.6. The summed E-state index contributed by atoms with van der Waals surface area (Å²) in [5.74, 6) is -0.532. The number of nitrogens with two attached hydrogens (primary N) is 1. The molecule has 7 nitrogen and oxygen atoms in total. The number of nitrogens with one attached hydrogen (secondary N) is 2. The number of hydrogen-bond donors (Lipinski definition) is 3. The summed E-state index contributed by atoms with van der Waals surface area (Å²) in [5.41, 5.74) is 8.33. The Morgan fingerprint density at radius 3 is 2.77 bits per heavy atom. The maximum absolute atomic E-state index is 14.1. The predicted molar refractivity (Wildman–Crippen MR) is 97.7 cm³/mol. The number of halogens is 1. The molecule has 2 aromatic heterocycles. The molecule has 0 aliphatic heterocycles. The number of rotatable bonds is 6. The van der Waals surface area contributed by atoms with Crippen LogP contribution in [0.15, 0.2) is 42.7 Å². The maximum Gasteiger partial charge on any atom is 0.249 e. The van der Waals surface area contributed by atoms with Gasteiger partial charge in [-0.2, -0.15) is 5.10 Å². The molecule has 134 valence electrons. The van der Waals surface area contributed by atoms with Crippen molar-refractivity contribution < 1.29 is 9.18 Å². The highest BCUT2D eigenvalue weighted by molar-refractivity contribution is 5.94. The van der Waals surface area contributed by atoms with E-state index in [0.29, 0.717) is 16.9 Å². The Morgan fingerprint density at radius 2 is 2.08 bits per heavy atom. The van der Waals surface area contributed by atoms with Gasteiger partial charge in [0.05, 0.1) is 23.3 Å². The van der Waals surface area contributed by atoms with Gasteiger partial charge in [0.1, 0.15) is 5.82 Å². The summed E-state index contributed by atoms with van der Waals surface area (Å²) in [6.07, 6.45) is 2.95. The van der Waals surface area contributed by atoms with E-state index < -0.39 is 11.7 Å². The minimum absolute atomic E-state index is 0.255. The number of pyridine rings is 1. The van der Waals surface area contributed by atoms with Crippen LogP contribution in [0.1, 0.15) is 21.6 Å². The molecule has 0 spiro atoms. The van der Waals surface area contributed by atoms with Crippen molar-refractivity contribution >= 4 is 23.1 Å². The predicted octanol–water partition coefficient (Wildman–Crippen LogP) is 2.72. The molecule has 0 bridgehead atoms. The molecule has 0 fully saturated rings. The first-order valence-corrected chi connectivity index (χ1v) is 7.98. The van der Waals surface area contributed by atoms with E-state index in [2.05, 4.69) is 20.7 Å². The molecule has 8 heteroatoms. The molecular weight excluding hydrogens is 335 g/mol. The van der Waals surface area contributed by atoms with Crippen LogP contribution in [0, 0.1) is 12.7 Å². The fourth-order valence-electron chi connectivity index (χ4n) is 2.61. The highest BCUT2D eigenvalue weighted by Gasteiger charge is 2.10. The minimum atomic E-state index is -0.521. The van der Waals surface area contributed by atoms with Gasteiger partial charge in [0.2, 0.25) is 5.91 Å². The smallest absolute Gasteiger partial charge is 0.249 e. The van der Waals surface area contributed by atoms with Crippen molar-refractivity contribution in [1.29, 1.82) is 0 Å². The van der Waals surface area contributed by atoms with Crippen LogP contribution in [-0.2, 0) is 13.6 Å². The Hall–Kier alpha value is -3.42. The van der Waals surface area contributed by atoms with E-state index in [-0.39, 0.29) is 12.2 Å². The van der Waals surface area contributed by atoms with Gasteiger partial charge in [-0.25, -0.2) is 9.37 Å². The Kier molecular flexibility index (Phi) is 4.83. The van der Waals surface area contributed by atoms with Crippen molar-refractivity contribution in [3.63, 3.8) is 0 Å². The summed E-state index contributed by atoms with van der Waals surface area (Å²) in [6, 6.07) is 8.50. The van der Waals surface area contributed by atoms with Gasteiger partial charge in [-0.15, -0.1) is 0 Å². The van der Waals surface area contributed by atoms with Crippen molar-refractivity contribution in [2.24, 2.45) is 12.8 Å². The second-order valence-electron chi connectivity index (χ2n) is 5.85. The van der Waals surface area contributed by atoms with E-state index in [9.17, 15) is 9.18 Å². The molecule has 1 amide bonds. The molecule has 2 heterocycles. The Bertz CT molecular complexity index is 953. The number of anilines is 3. The van der Waals surface area contributed by atoms with Gasteiger partial charge in [0.25, 0.3) is 0 Å². The zero-order chi connectivity index (χ0) is 18.7. The van der Waals surface area contributed by atoms with E-state index in [1.54, 1.807) is 35.0 Å². The molecule has 1 aromatic carbocycles. The lowest BCUT2D eigenvalue weighted by atomic mass is 10.1. The lowest BCUT2D eigenvalue weighted by molar-refractivity contribution is 0.0999. The first kappa shape index (κ1) is 17.4. The van der Waals surface area contributed by atoms with Crippen LogP contribution in [0.4, 0.5) is 21.6 Å². The van der Waals surface area contributed by atoms with Gasteiger partial charge in [0, 0.05) is 31.4 Å². The van der Waals surface area contributed by atoms with Gasteiger partial charge in [0.15, 0.2) is 5.82 Å². The van der Waals surface area contributed by atoms with Crippen molar-refractivity contribution in [1.82, 2.24) is 14.8 Å². The molecule has 0 unspecified atom stereocenters. The number of amides is 1. The summed E-state index contributed by atoms with van der Waals surface area (Å²) < 4.78 is 15.8. The van der Waals surface area contributed by atoms with Crippen LogP contribution in [-0.4, -0.2) is 20.7 Å². The number of benzene rings is 1. The zero-order valence-electron chi connectivity index (χ0n) is 14.5. The summed E-state index contributed by atoms with van der Waals surface area (Å²) in [7, 11) is 1.82. The van der Waals surface area contributed by atoms with Crippen molar-refractivity contribution in [2.75, 3.05) is 10.6 Å². The highest BCUT2D eigenvalue weighted by Crippen LogP contribution is 2.23. The van der Waals surface area contributed by atoms with Gasteiger partial charge >= 0.3 is 0 Å².